The van der Waals surface area contributed by atoms with Crippen LogP contribution in [0, 0.1) is 0 Å². The number of benzene rings is 1. The molecule has 0 fully saturated rings. The largest absolute Gasteiger partial charge is 0.487 e. The zero-order chi connectivity index (χ0) is 18.8. The number of carbonyl (C=O) groups excluding carboxylic acids is 1. The summed E-state index contributed by atoms with van der Waals surface area (Å²) in [5, 5.41) is 7.43. The summed E-state index contributed by atoms with van der Waals surface area (Å²) < 4.78 is 7.67. The number of carbonyl (C=O) groups is 1. The number of aromatic nitrogens is 3. The van der Waals surface area contributed by atoms with E-state index in [0.717, 1.165) is 28.4 Å². The summed E-state index contributed by atoms with van der Waals surface area (Å²) in [4.78, 5) is 16.5. The van der Waals surface area contributed by atoms with Crippen LogP contribution in [-0.4, -0.2) is 20.7 Å². The minimum absolute atomic E-state index is 0.00564. The van der Waals surface area contributed by atoms with Gasteiger partial charge in [0, 0.05) is 30.1 Å². The van der Waals surface area contributed by atoms with E-state index in [9.17, 15) is 4.79 Å². The first-order valence-corrected chi connectivity index (χ1v) is 9.11. The first-order valence-electron chi connectivity index (χ1n) is 9.11. The minimum atomic E-state index is 0.00564. The molecule has 0 unspecified atom stereocenters. The molecule has 0 bridgehead atoms. The zero-order valence-corrected chi connectivity index (χ0v) is 15.4. The summed E-state index contributed by atoms with van der Waals surface area (Å²) >= 11 is 0. The quantitative estimate of drug-likeness (QED) is 0.747. The van der Waals surface area contributed by atoms with E-state index in [1.165, 1.54) is 0 Å². The van der Waals surface area contributed by atoms with Crippen molar-refractivity contribution >= 4 is 11.7 Å². The number of fused-ring (bicyclic) bond motifs is 1. The first kappa shape index (κ1) is 17.3. The molecule has 2 aromatic heterocycles. The Bertz CT molecular complexity index is 933. The van der Waals surface area contributed by atoms with Crippen LogP contribution in [0.25, 0.3) is 0 Å². The monoisotopic (exact) mass is 362 g/mol. The van der Waals surface area contributed by atoms with Crippen LogP contribution < -0.4 is 10.1 Å². The van der Waals surface area contributed by atoms with Crippen LogP contribution in [0.15, 0.2) is 54.9 Å². The molecule has 6 nitrogen and oxygen atoms in total. The Morgan fingerprint density at radius 3 is 2.74 bits per heavy atom. The second-order valence-electron chi connectivity index (χ2n) is 6.97. The third kappa shape index (κ3) is 3.56. The SMILES string of the molecule is CC(C)n1ncc2c1NC(=O)C[C@@H]2c1ccc(OCc2ccccn2)cc1. The number of hydrogen-bond donors (Lipinski definition) is 1. The van der Waals surface area contributed by atoms with Crippen LogP contribution >= 0.6 is 0 Å². The van der Waals surface area contributed by atoms with E-state index in [1.54, 1.807) is 6.20 Å². The van der Waals surface area contributed by atoms with Crippen molar-refractivity contribution in [3.63, 3.8) is 0 Å². The Morgan fingerprint density at radius 1 is 1.22 bits per heavy atom. The van der Waals surface area contributed by atoms with E-state index < -0.39 is 0 Å². The average molecular weight is 362 g/mol. The van der Waals surface area contributed by atoms with Crippen LogP contribution in [0.4, 0.5) is 5.82 Å². The number of pyridine rings is 1. The molecule has 3 aromatic rings. The molecule has 138 valence electrons. The molecule has 3 heterocycles. The molecule has 27 heavy (non-hydrogen) atoms. The maximum Gasteiger partial charge on any atom is 0.226 e. The summed E-state index contributed by atoms with van der Waals surface area (Å²) in [6.07, 6.45) is 4.04. The molecular weight excluding hydrogens is 340 g/mol. The van der Waals surface area contributed by atoms with Gasteiger partial charge in [-0.3, -0.25) is 9.78 Å². The molecule has 6 heteroatoms. The predicted molar refractivity (Wildman–Crippen MR) is 103 cm³/mol. The minimum Gasteiger partial charge on any atom is -0.487 e. The van der Waals surface area contributed by atoms with Crippen LogP contribution in [-0.2, 0) is 11.4 Å². The molecule has 1 aromatic carbocycles. The molecule has 1 atom stereocenters. The van der Waals surface area contributed by atoms with Gasteiger partial charge in [-0.2, -0.15) is 5.10 Å². The maximum atomic E-state index is 12.2. The first-order chi connectivity index (χ1) is 13.1. The Labute approximate surface area is 158 Å². The highest BCUT2D eigenvalue weighted by atomic mass is 16.5. The Morgan fingerprint density at radius 2 is 2.04 bits per heavy atom. The summed E-state index contributed by atoms with van der Waals surface area (Å²) in [6, 6.07) is 13.9. The van der Waals surface area contributed by atoms with Crippen molar-refractivity contribution in [2.45, 2.75) is 38.8 Å². The Balaban J connectivity index is 1.53. The number of amides is 1. The molecular formula is C21H22N4O2. The lowest BCUT2D eigenvalue weighted by Gasteiger charge is -2.24. The molecule has 0 saturated heterocycles. The number of hydrogen-bond acceptors (Lipinski definition) is 4. The molecule has 1 aliphatic rings. The normalized spacial score (nSPS) is 16.1. The summed E-state index contributed by atoms with van der Waals surface area (Å²) in [7, 11) is 0. The lowest BCUT2D eigenvalue weighted by atomic mass is 9.87. The predicted octanol–water partition coefficient (Wildman–Crippen LogP) is 3.91. The number of rotatable bonds is 5. The van der Waals surface area contributed by atoms with E-state index in [4.69, 9.17) is 4.74 Å². The number of anilines is 1. The van der Waals surface area contributed by atoms with E-state index >= 15 is 0 Å². The molecule has 1 amide bonds. The van der Waals surface area contributed by atoms with Gasteiger partial charge in [0.15, 0.2) is 0 Å². The number of nitrogens with zero attached hydrogens (tertiary/aromatic N) is 3. The van der Waals surface area contributed by atoms with Gasteiger partial charge in [-0.1, -0.05) is 18.2 Å². The average Bonchev–Trinajstić information content (AvgIpc) is 3.11. The third-order valence-corrected chi connectivity index (χ3v) is 4.73. The van der Waals surface area contributed by atoms with E-state index in [0.29, 0.717) is 13.0 Å². The zero-order valence-electron chi connectivity index (χ0n) is 15.4. The number of ether oxygens (including phenoxy) is 1. The highest BCUT2D eigenvalue weighted by Gasteiger charge is 2.30. The van der Waals surface area contributed by atoms with E-state index in [-0.39, 0.29) is 17.9 Å². The second kappa shape index (κ2) is 7.23. The van der Waals surface area contributed by atoms with Gasteiger partial charge in [0.25, 0.3) is 0 Å². The van der Waals surface area contributed by atoms with E-state index in [1.807, 2.05) is 53.3 Å². The van der Waals surface area contributed by atoms with E-state index in [2.05, 4.69) is 29.2 Å². The molecule has 1 N–H and O–H groups in total. The molecule has 0 radical (unpaired) electrons. The topological polar surface area (TPSA) is 69.0 Å². The second-order valence-corrected chi connectivity index (χ2v) is 6.97. The highest BCUT2D eigenvalue weighted by molar-refractivity contribution is 5.94. The van der Waals surface area contributed by atoms with Crippen LogP contribution in [0.1, 0.15) is 49.0 Å². The van der Waals surface area contributed by atoms with Crippen molar-refractivity contribution < 1.29 is 9.53 Å². The van der Waals surface area contributed by atoms with Gasteiger partial charge in [0.2, 0.25) is 5.91 Å². The molecule has 0 saturated carbocycles. The van der Waals surface area contributed by atoms with Gasteiger partial charge in [0.05, 0.1) is 11.9 Å². The number of nitrogens with one attached hydrogen (secondary N) is 1. The standard InChI is InChI=1S/C21H22N4O2/c1-14(2)25-21-19(12-23-25)18(11-20(26)24-21)15-6-8-17(9-7-15)27-13-16-5-3-4-10-22-16/h3-10,12,14,18H,11,13H2,1-2H3,(H,24,26)/t18-/m1/s1. The summed E-state index contributed by atoms with van der Waals surface area (Å²) in [5.74, 6) is 1.61. The summed E-state index contributed by atoms with van der Waals surface area (Å²) in [6.45, 7) is 4.53. The fourth-order valence-electron chi connectivity index (χ4n) is 3.36. The van der Waals surface area contributed by atoms with Crippen molar-refractivity contribution in [2.75, 3.05) is 5.32 Å². The van der Waals surface area contributed by atoms with Gasteiger partial charge < -0.3 is 10.1 Å². The van der Waals surface area contributed by atoms with Crippen LogP contribution in [0.5, 0.6) is 5.75 Å². The van der Waals surface area contributed by atoms with Gasteiger partial charge >= 0.3 is 0 Å². The van der Waals surface area contributed by atoms with Gasteiger partial charge in [-0.25, -0.2) is 4.68 Å². The van der Waals surface area contributed by atoms with Gasteiger partial charge in [0.1, 0.15) is 18.2 Å². The Kier molecular flexibility index (Phi) is 4.62. The third-order valence-electron chi connectivity index (χ3n) is 4.73. The van der Waals surface area contributed by atoms with Crippen molar-refractivity contribution in [2.24, 2.45) is 0 Å². The molecule has 1 aliphatic heterocycles. The lowest BCUT2D eigenvalue weighted by molar-refractivity contribution is -0.116. The summed E-state index contributed by atoms with van der Waals surface area (Å²) in [5.41, 5.74) is 3.03. The molecule has 0 aliphatic carbocycles. The lowest BCUT2D eigenvalue weighted by Crippen LogP contribution is -2.25. The Hall–Kier alpha value is -3.15. The maximum absolute atomic E-state index is 12.2. The van der Waals surface area contributed by atoms with Crippen molar-refractivity contribution in [1.82, 2.24) is 14.8 Å². The van der Waals surface area contributed by atoms with Gasteiger partial charge in [-0.15, -0.1) is 0 Å². The molecule has 4 rings (SSSR count). The van der Waals surface area contributed by atoms with Crippen LogP contribution in [0.3, 0.4) is 0 Å². The van der Waals surface area contributed by atoms with Crippen molar-refractivity contribution in [1.29, 1.82) is 0 Å². The van der Waals surface area contributed by atoms with Crippen molar-refractivity contribution in [3.8, 4) is 5.75 Å². The van der Waals surface area contributed by atoms with Gasteiger partial charge in [-0.05, 0) is 43.7 Å². The molecule has 0 spiro atoms. The fraction of sp³-hybridized carbons (Fsp3) is 0.286. The highest BCUT2D eigenvalue weighted by Crippen LogP contribution is 2.38. The fourth-order valence-corrected chi connectivity index (χ4v) is 3.36. The smallest absolute Gasteiger partial charge is 0.226 e. The van der Waals surface area contributed by atoms with Crippen molar-refractivity contribution in [3.05, 3.63) is 71.7 Å². The van der Waals surface area contributed by atoms with Crippen LogP contribution in [0.2, 0.25) is 0 Å².